The lowest BCUT2D eigenvalue weighted by Gasteiger charge is -2.05. The Kier molecular flexibility index (Phi) is 4.22. The molecule has 0 radical (unpaired) electrons. The van der Waals surface area contributed by atoms with Crippen LogP contribution < -0.4 is 14.2 Å². The number of ether oxygens (including phenoxy) is 3. The molecule has 0 N–H and O–H groups in total. The number of para-hydroxylation sites is 1. The second-order valence-corrected chi connectivity index (χ2v) is 6.44. The lowest BCUT2D eigenvalue weighted by molar-refractivity contribution is 0.0735. The third-order valence-corrected chi connectivity index (χ3v) is 4.56. The van der Waals surface area contributed by atoms with Gasteiger partial charge in [0.15, 0.2) is 11.5 Å². The van der Waals surface area contributed by atoms with Crippen LogP contribution in [0.1, 0.15) is 10.4 Å². The number of hydrogen-bond acceptors (Lipinski definition) is 5. The molecule has 0 spiro atoms. The number of esters is 1. The quantitative estimate of drug-likeness (QED) is 0.383. The van der Waals surface area contributed by atoms with Crippen LogP contribution >= 0.6 is 0 Å². The molecule has 0 saturated heterocycles. The number of rotatable bonds is 4. The van der Waals surface area contributed by atoms with E-state index in [1.807, 2.05) is 60.7 Å². The van der Waals surface area contributed by atoms with Crippen molar-refractivity contribution in [1.82, 2.24) is 9.78 Å². The first-order chi connectivity index (χ1) is 14.3. The molecular formula is C23H16N2O4. The highest BCUT2D eigenvalue weighted by Gasteiger charge is 2.22. The van der Waals surface area contributed by atoms with Gasteiger partial charge in [0.05, 0.1) is 5.69 Å². The first-order valence-corrected chi connectivity index (χ1v) is 9.10. The molecule has 1 aliphatic heterocycles. The highest BCUT2D eigenvalue weighted by Crippen LogP contribution is 2.35. The molecule has 4 aromatic rings. The number of hydrogen-bond donors (Lipinski definition) is 0. The van der Waals surface area contributed by atoms with Crippen molar-refractivity contribution in [1.29, 1.82) is 0 Å². The van der Waals surface area contributed by atoms with Gasteiger partial charge in [-0.1, -0.05) is 48.5 Å². The normalized spacial score (nSPS) is 12.0. The number of aromatic nitrogens is 2. The monoisotopic (exact) mass is 384 g/mol. The summed E-state index contributed by atoms with van der Waals surface area (Å²) >= 11 is 0. The van der Waals surface area contributed by atoms with Crippen LogP contribution in [0.15, 0.2) is 85.1 Å². The van der Waals surface area contributed by atoms with Gasteiger partial charge in [-0.15, -0.1) is 0 Å². The summed E-state index contributed by atoms with van der Waals surface area (Å²) in [6.07, 6.45) is 1.69. The number of benzene rings is 3. The van der Waals surface area contributed by atoms with E-state index < -0.39 is 5.97 Å². The zero-order valence-electron chi connectivity index (χ0n) is 15.3. The fourth-order valence-electron chi connectivity index (χ4n) is 3.15. The third kappa shape index (κ3) is 3.32. The number of nitrogens with zero attached hydrogens (tertiary/aromatic N) is 2. The van der Waals surface area contributed by atoms with Gasteiger partial charge in [-0.25, -0.2) is 9.48 Å². The molecule has 0 atom stereocenters. The minimum absolute atomic E-state index is 0.161. The Hall–Kier alpha value is -4.06. The van der Waals surface area contributed by atoms with Crippen LogP contribution in [0.25, 0.3) is 16.9 Å². The molecule has 0 bridgehead atoms. The average Bonchev–Trinajstić information content (AvgIpc) is 3.42. The van der Waals surface area contributed by atoms with Gasteiger partial charge in [-0.05, 0) is 24.3 Å². The molecule has 1 aliphatic rings. The summed E-state index contributed by atoms with van der Waals surface area (Å²) in [5.74, 6) is 1.07. The maximum Gasteiger partial charge on any atom is 0.347 e. The van der Waals surface area contributed by atoms with Gasteiger partial charge in [-0.3, -0.25) is 0 Å². The summed E-state index contributed by atoms with van der Waals surface area (Å²) < 4.78 is 17.9. The van der Waals surface area contributed by atoms with E-state index in [0.717, 1.165) is 11.3 Å². The maximum absolute atomic E-state index is 13.0. The largest absolute Gasteiger partial charge is 0.454 e. The minimum atomic E-state index is -0.495. The fraction of sp³-hybridized carbons (Fsp3) is 0.0435. The maximum atomic E-state index is 13.0. The van der Waals surface area contributed by atoms with Gasteiger partial charge in [0.25, 0.3) is 0 Å². The second-order valence-electron chi connectivity index (χ2n) is 6.44. The lowest BCUT2D eigenvalue weighted by Crippen LogP contribution is -2.09. The lowest BCUT2D eigenvalue weighted by atomic mass is 10.1. The van der Waals surface area contributed by atoms with E-state index in [-0.39, 0.29) is 6.79 Å². The molecule has 142 valence electrons. The Morgan fingerprint density at radius 3 is 2.41 bits per heavy atom. The highest BCUT2D eigenvalue weighted by molar-refractivity contribution is 5.97. The number of carbonyl (C=O) groups is 1. The molecule has 1 aromatic heterocycles. The summed E-state index contributed by atoms with van der Waals surface area (Å²) in [4.78, 5) is 13.0. The Balaban J connectivity index is 1.52. The molecule has 0 fully saturated rings. The fourth-order valence-corrected chi connectivity index (χ4v) is 3.15. The van der Waals surface area contributed by atoms with Gasteiger partial charge < -0.3 is 14.2 Å². The van der Waals surface area contributed by atoms with Crippen molar-refractivity contribution in [3.05, 3.63) is 90.6 Å². The Labute approximate surface area is 166 Å². The summed E-state index contributed by atoms with van der Waals surface area (Å²) in [7, 11) is 0. The molecule has 2 heterocycles. The van der Waals surface area contributed by atoms with Crippen LogP contribution in [0, 0.1) is 0 Å². The van der Waals surface area contributed by atoms with Gasteiger partial charge in [0, 0.05) is 17.8 Å². The van der Waals surface area contributed by atoms with Crippen molar-refractivity contribution in [2.24, 2.45) is 0 Å². The van der Waals surface area contributed by atoms with Crippen molar-refractivity contribution in [2.75, 3.05) is 6.79 Å². The predicted octanol–water partition coefficient (Wildman–Crippen LogP) is 4.49. The minimum Gasteiger partial charge on any atom is -0.454 e. The molecule has 0 saturated carbocycles. The highest BCUT2D eigenvalue weighted by atomic mass is 16.7. The molecule has 0 aliphatic carbocycles. The SMILES string of the molecule is O=C(Oc1ccc2c(c1)OCO2)c1cn(-c2ccccc2)nc1-c1ccccc1. The molecule has 3 aromatic carbocycles. The van der Waals surface area contributed by atoms with Crippen LogP contribution in [-0.2, 0) is 0 Å². The second kappa shape index (κ2) is 7.16. The van der Waals surface area contributed by atoms with Gasteiger partial charge in [-0.2, -0.15) is 5.10 Å². The predicted molar refractivity (Wildman–Crippen MR) is 107 cm³/mol. The molecule has 0 amide bonds. The zero-order chi connectivity index (χ0) is 19.6. The first kappa shape index (κ1) is 17.1. The summed E-state index contributed by atoms with van der Waals surface area (Å²) in [5, 5.41) is 4.64. The Morgan fingerprint density at radius 2 is 1.62 bits per heavy atom. The van der Waals surface area contributed by atoms with Crippen molar-refractivity contribution in [3.63, 3.8) is 0 Å². The smallest absolute Gasteiger partial charge is 0.347 e. The van der Waals surface area contributed by atoms with Gasteiger partial charge in [0.2, 0.25) is 6.79 Å². The zero-order valence-corrected chi connectivity index (χ0v) is 15.3. The van der Waals surface area contributed by atoms with E-state index in [1.54, 1.807) is 29.1 Å². The van der Waals surface area contributed by atoms with Crippen molar-refractivity contribution < 1.29 is 19.0 Å². The molecule has 5 rings (SSSR count). The van der Waals surface area contributed by atoms with Crippen LogP contribution in [0.2, 0.25) is 0 Å². The number of carbonyl (C=O) groups excluding carboxylic acids is 1. The summed E-state index contributed by atoms with van der Waals surface area (Å²) in [5.41, 5.74) is 2.62. The van der Waals surface area contributed by atoms with E-state index in [2.05, 4.69) is 5.10 Å². The van der Waals surface area contributed by atoms with E-state index in [4.69, 9.17) is 14.2 Å². The van der Waals surface area contributed by atoms with E-state index in [9.17, 15) is 4.79 Å². The third-order valence-electron chi connectivity index (χ3n) is 4.56. The van der Waals surface area contributed by atoms with E-state index in [1.165, 1.54) is 0 Å². The van der Waals surface area contributed by atoms with Crippen LogP contribution in [-0.4, -0.2) is 22.5 Å². The average molecular weight is 384 g/mol. The Morgan fingerprint density at radius 1 is 0.897 bits per heavy atom. The van der Waals surface area contributed by atoms with Crippen molar-refractivity contribution in [3.8, 4) is 34.2 Å². The molecule has 0 unspecified atom stereocenters. The molecule has 6 nitrogen and oxygen atoms in total. The van der Waals surface area contributed by atoms with Crippen LogP contribution in [0.5, 0.6) is 17.2 Å². The van der Waals surface area contributed by atoms with Crippen molar-refractivity contribution >= 4 is 5.97 Å². The molecule has 6 heteroatoms. The first-order valence-electron chi connectivity index (χ1n) is 9.10. The Bertz CT molecular complexity index is 1170. The molecule has 29 heavy (non-hydrogen) atoms. The van der Waals surface area contributed by atoms with Crippen LogP contribution in [0.3, 0.4) is 0 Å². The van der Waals surface area contributed by atoms with Gasteiger partial charge in [0.1, 0.15) is 17.0 Å². The summed E-state index contributed by atoms with van der Waals surface area (Å²) in [6.45, 7) is 0.161. The van der Waals surface area contributed by atoms with E-state index >= 15 is 0 Å². The van der Waals surface area contributed by atoms with E-state index in [0.29, 0.717) is 28.5 Å². The van der Waals surface area contributed by atoms with Gasteiger partial charge >= 0.3 is 5.97 Å². The number of fused-ring (bicyclic) bond motifs is 1. The topological polar surface area (TPSA) is 62.6 Å². The summed E-state index contributed by atoms with van der Waals surface area (Å²) in [6, 6.07) is 24.2. The van der Waals surface area contributed by atoms with Crippen molar-refractivity contribution in [2.45, 2.75) is 0 Å². The molecular weight excluding hydrogens is 368 g/mol. The standard InChI is InChI=1S/C23H16N2O4/c26-23(29-18-11-12-20-21(13-18)28-15-27-20)19-14-25(17-9-5-2-6-10-17)24-22(19)16-7-3-1-4-8-16/h1-14H,15H2. The van der Waals surface area contributed by atoms with Crippen LogP contribution in [0.4, 0.5) is 0 Å².